The normalized spacial score (nSPS) is 15.4. The van der Waals surface area contributed by atoms with Crippen molar-refractivity contribution in [1.82, 2.24) is 4.90 Å². The molecule has 0 fully saturated rings. The summed E-state index contributed by atoms with van der Waals surface area (Å²) in [7, 11) is 0. The van der Waals surface area contributed by atoms with Crippen LogP contribution in [0.2, 0.25) is 0 Å². The number of benzene rings is 2. The Labute approximate surface area is 127 Å². The first-order valence-electron chi connectivity index (χ1n) is 6.83. The third-order valence-corrected chi connectivity index (χ3v) is 3.62. The van der Waals surface area contributed by atoms with Gasteiger partial charge in [-0.1, -0.05) is 36.4 Å². The Kier molecular flexibility index (Phi) is 3.39. The highest BCUT2D eigenvalue weighted by Gasteiger charge is 2.34. The molecule has 1 heterocycles. The summed E-state index contributed by atoms with van der Waals surface area (Å²) in [4.78, 5) is 25.4. The number of nitrogens with zero attached hydrogens (tertiary/aromatic N) is 1. The number of imide groups is 1. The standard InChI is InChI=1S/C17H15N3O2/c18-12-6-7-13(14(19)10-12)17(11-4-2-1-3-5-11)20-15(21)8-9-16(20)22/h1-10,17H,18-19H2. The van der Waals surface area contributed by atoms with Crippen LogP contribution in [-0.2, 0) is 9.59 Å². The fraction of sp³-hybridized carbons (Fsp3) is 0.0588. The van der Waals surface area contributed by atoms with Crippen molar-refractivity contribution in [2.75, 3.05) is 11.5 Å². The zero-order valence-electron chi connectivity index (χ0n) is 11.8. The molecule has 5 heteroatoms. The van der Waals surface area contributed by atoms with Gasteiger partial charge in [-0.15, -0.1) is 0 Å². The Balaban J connectivity index is 2.15. The van der Waals surface area contributed by atoms with Crippen molar-refractivity contribution in [2.45, 2.75) is 6.04 Å². The van der Waals surface area contributed by atoms with Crippen LogP contribution >= 0.6 is 0 Å². The Morgan fingerprint density at radius 3 is 2.09 bits per heavy atom. The van der Waals surface area contributed by atoms with Gasteiger partial charge in [0.25, 0.3) is 11.8 Å². The van der Waals surface area contributed by atoms with Gasteiger partial charge in [0.1, 0.15) is 0 Å². The minimum Gasteiger partial charge on any atom is -0.399 e. The molecular formula is C17H15N3O2. The Morgan fingerprint density at radius 2 is 1.50 bits per heavy atom. The van der Waals surface area contributed by atoms with Crippen molar-refractivity contribution in [1.29, 1.82) is 0 Å². The quantitative estimate of drug-likeness (QED) is 0.667. The van der Waals surface area contributed by atoms with E-state index >= 15 is 0 Å². The zero-order valence-corrected chi connectivity index (χ0v) is 11.8. The van der Waals surface area contributed by atoms with Crippen LogP contribution < -0.4 is 11.5 Å². The number of carbonyl (C=O) groups is 2. The van der Waals surface area contributed by atoms with E-state index in [9.17, 15) is 9.59 Å². The fourth-order valence-electron chi connectivity index (χ4n) is 2.61. The minimum absolute atomic E-state index is 0.352. The van der Waals surface area contributed by atoms with Crippen molar-refractivity contribution in [3.8, 4) is 0 Å². The molecule has 5 nitrogen and oxygen atoms in total. The van der Waals surface area contributed by atoms with Crippen molar-refractivity contribution < 1.29 is 9.59 Å². The molecule has 0 spiro atoms. The molecule has 1 aliphatic heterocycles. The van der Waals surface area contributed by atoms with E-state index in [-0.39, 0.29) is 11.8 Å². The highest BCUT2D eigenvalue weighted by molar-refractivity contribution is 6.13. The molecular weight excluding hydrogens is 278 g/mol. The van der Waals surface area contributed by atoms with E-state index in [0.717, 1.165) is 5.56 Å². The maximum absolute atomic E-state index is 12.1. The summed E-state index contributed by atoms with van der Waals surface area (Å²) in [6.07, 6.45) is 2.54. The SMILES string of the molecule is Nc1ccc(C(c2ccccc2)N2C(=O)C=CC2=O)c(N)c1. The van der Waals surface area contributed by atoms with Gasteiger partial charge in [-0.3, -0.25) is 14.5 Å². The minimum atomic E-state index is -0.572. The van der Waals surface area contributed by atoms with Gasteiger partial charge in [-0.25, -0.2) is 0 Å². The van der Waals surface area contributed by atoms with E-state index in [1.165, 1.54) is 17.1 Å². The van der Waals surface area contributed by atoms with Crippen LogP contribution in [0.3, 0.4) is 0 Å². The second kappa shape index (κ2) is 5.37. The molecule has 3 rings (SSSR count). The number of hydrogen-bond acceptors (Lipinski definition) is 4. The lowest BCUT2D eigenvalue weighted by molar-refractivity contribution is -0.138. The summed E-state index contributed by atoms with van der Waals surface area (Å²) < 4.78 is 0. The summed E-state index contributed by atoms with van der Waals surface area (Å²) in [5.74, 6) is -0.704. The number of nitrogen functional groups attached to an aromatic ring is 2. The summed E-state index contributed by atoms with van der Waals surface area (Å²) in [6.45, 7) is 0. The van der Waals surface area contributed by atoms with Gasteiger partial charge in [-0.05, 0) is 17.7 Å². The average Bonchev–Trinajstić information content (AvgIpc) is 2.83. The first kappa shape index (κ1) is 13.9. The van der Waals surface area contributed by atoms with E-state index in [1.807, 2.05) is 30.3 Å². The molecule has 2 aromatic carbocycles. The van der Waals surface area contributed by atoms with Crippen molar-refractivity contribution in [2.24, 2.45) is 0 Å². The van der Waals surface area contributed by atoms with Gasteiger partial charge < -0.3 is 11.5 Å². The average molecular weight is 293 g/mol. The molecule has 1 unspecified atom stereocenters. The van der Waals surface area contributed by atoms with E-state index in [4.69, 9.17) is 11.5 Å². The number of amides is 2. The Morgan fingerprint density at radius 1 is 0.864 bits per heavy atom. The highest BCUT2D eigenvalue weighted by atomic mass is 16.2. The van der Waals surface area contributed by atoms with E-state index in [2.05, 4.69) is 0 Å². The molecule has 22 heavy (non-hydrogen) atoms. The summed E-state index contributed by atoms with van der Waals surface area (Å²) >= 11 is 0. The monoisotopic (exact) mass is 293 g/mol. The van der Waals surface area contributed by atoms with Crippen LogP contribution in [0.25, 0.3) is 0 Å². The van der Waals surface area contributed by atoms with Crippen molar-refractivity contribution >= 4 is 23.2 Å². The van der Waals surface area contributed by atoms with Crippen molar-refractivity contribution in [3.05, 3.63) is 71.8 Å². The molecule has 2 aromatic rings. The molecule has 0 saturated heterocycles. The second-order valence-corrected chi connectivity index (χ2v) is 5.08. The third kappa shape index (κ3) is 2.33. The molecule has 0 radical (unpaired) electrons. The van der Waals surface area contributed by atoms with Crippen LogP contribution in [0.1, 0.15) is 17.2 Å². The molecule has 0 aromatic heterocycles. The van der Waals surface area contributed by atoms with Gasteiger partial charge in [0.15, 0.2) is 0 Å². The zero-order chi connectivity index (χ0) is 15.7. The van der Waals surface area contributed by atoms with E-state index < -0.39 is 6.04 Å². The number of rotatable bonds is 3. The van der Waals surface area contributed by atoms with Crippen LogP contribution in [0, 0.1) is 0 Å². The molecule has 110 valence electrons. The highest BCUT2D eigenvalue weighted by Crippen LogP contribution is 2.34. The third-order valence-electron chi connectivity index (χ3n) is 3.62. The molecule has 0 saturated carbocycles. The topological polar surface area (TPSA) is 89.4 Å². The summed E-state index contributed by atoms with van der Waals surface area (Å²) in [6, 6.07) is 13.8. The molecule has 2 amide bonds. The number of carbonyl (C=O) groups excluding carboxylic acids is 2. The maximum atomic E-state index is 12.1. The lowest BCUT2D eigenvalue weighted by atomic mass is 9.95. The van der Waals surface area contributed by atoms with Crippen LogP contribution in [0.4, 0.5) is 11.4 Å². The lowest BCUT2D eigenvalue weighted by Gasteiger charge is -2.28. The first-order valence-corrected chi connectivity index (χ1v) is 6.83. The molecule has 4 N–H and O–H groups in total. The smallest absolute Gasteiger partial charge is 0.254 e. The fourth-order valence-corrected chi connectivity index (χ4v) is 2.61. The van der Waals surface area contributed by atoms with Gasteiger partial charge >= 0.3 is 0 Å². The summed E-state index contributed by atoms with van der Waals surface area (Å²) in [5.41, 5.74) is 14.3. The van der Waals surface area contributed by atoms with Crippen LogP contribution in [0.5, 0.6) is 0 Å². The first-order chi connectivity index (χ1) is 10.6. The molecule has 1 aliphatic rings. The van der Waals surface area contributed by atoms with Gasteiger partial charge in [-0.2, -0.15) is 0 Å². The van der Waals surface area contributed by atoms with E-state index in [0.29, 0.717) is 16.9 Å². The second-order valence-electron chi connectivity index (χ2n) is 5.08. The van der Waals surface area contributed by atoms with Crippen LogP contribution in [-0.4, -0.2) is 16.7 Å². The number of nitrogens with two attached hydrogens (primary N) is 2. The largest absolute Gasteiger partial charge is 0.399 e. The Hall–Kier alpha value is -3.08. The Bertz CT molecular complexity index is 751. The lowest BCUT2D eigenvalue weighted by Crippen LogP contribution is -2.35. The van der Waals surface area contributed by atoms with Crippen LogP contribution in [0.15, 0.2) is 60.7 Å². The van der Waals surface area contributed by atoms with Crippen molar-refractivity contribution in [3.63, 3.8) is 0 Å². The maximum Gasteiger partial charge on any atom is 0.254 e. The number of hydrogen-bond donors (Lipinski definition) is 2. The van der Waals surface area contributed by atoms with Gasteiger partial charge in [0, 0.05) is 29.1 Å². The molecule has 0 aliphatic carbocycles. The molecule has 1 atom stereocenters. The predicted octanol–water partition coefficient (Wildman–Crippen LogP) is 1.87. The number of anilines is 2. The summed E-state index contributed by atoms with van der Waals surface area (Å²) in [5, 5.41) is 0. The van der Waals surface area contributed by atoms with E-state index in [1.54, 1.807) is 18.2 Å². The van der Waals surface area contributed by atoms with Gasteiger partial charge in [0.05, 0.1) is 6.04 Å². The van der Waals surface area contributed by atoms with Gasteiger partial charge in [0.2, 0.25) is 0 Å². The predicted molar refractivity (Wildman–Crippen MR) is 84.5 cm³/mol. The molecule has 0 bridgehead atoms.